The summed E-state index contributed by atoms with van der Waals surface area (Å²) in [6, 6.07) is 9.10. The number of nitrogens with one attached hydrogen (secondary N) is 1. The minimum atomic E-state index is -0.180. The number of hydrogen-bond donors (Lipinski definition) is 1. The average Bonchev–Trinajstić information content (AvgIpc) is 2.91. The van der Waals surface area contributed by atoms with Crippen molar-refractivity contribution in [1.29, 1.82) is 0 Å². The molecule has 0 bridgehead atoms. The van der Waals surface area contributed by atoms with Gasteiger partial charge in [-0.3, -0.25) is 14.9 Å². The number of fused-ring (bicyclic) bond motifs is 1. The Bertz CT molecular complexity index is 671. The van der Waals surface area contributed by atoms with Crippen LogP contribution in [0.2, 0.25) is 0 Å². The maximum absolute atomic E-state index is 12.2. The van der Waals surface area contributed by atoms with E-state index >= 15 is 0 Å². The van der Waals surface area contributed by atoms with Crippen molar-refractivity contribution < 1.29 is 4.79 Å². The third-order valence-corrected chi connectivity index (χ3v) is 2.52. The van der Waals surface area contributed by atoms with Crippen LogP contribution in [0, 0.1) is 0 Å². The van der Waals surface area contributed by atoms with Crippen molar-refractivity contribution in [2.24, 2.45) is 0 Å². The number of pyridine rings is 1. The number of aromatic amines is 1. The SMILES string of the molecule is O=C(c1ncn[nH]1)c1cccc2ncccc12. The third kappa shape index (κ3) is 1.57. The predicted octanol–water partition coefficient (Wildman–Crippen LogP) is 1.58. The van der Waals surface area contributed by atoms with Gasteiger partial charge in [0.15, 0.2) is 5.82 Å². The average molecular weight is 224 g/mol. The Labute approximate surface area is 96.5 Å². The largest absolute Gasteiger partial charge is 0.285 e. The molecule has 5 nitrogen and oxygen atoms in total. The van der Waals surface area contributed by atoms with Crippen LogP contribution < -0.4 is 0 Å². The minimum absolute atomic E-state index is 0.180. The van der Waals surface area contributed by atoms with Gasteiger partial charge in [0.2, 0.25) is 5.78 Å². The highest BCUT2D eigenvalue weighted by Crippen LogP contribution is 2.18. The smallest absolute Gasteiger partial charge is 0.230 e. The number of carbonyl (C=O) groups excluding carboxylic acids is 1. The summed E-state index contributed by atoms with van der Waals surface area (Å²) in [4.78, 5) is 20.2. The Morgan fingerprint density at radius 3 is 2.88 bits per heavy atom. The van der Waals surface area contributed by atoms with Gasteiger partial charge in [-0.2, -0.15) is 5.10 Å². The van der Waals surface area contributed by atoms with Crippen LogP contribution in [-0.4, -0.2) is 25.9 Å². The van der Waals surface area contributed by atoms with Crippen LogP contribution in [0.15, 0.2) is 42.9 Å². The number of hydrogen-bond acceptors (Lipinski definition) is 4. The topological polar surface area (TPSA) is 71.5 Å². The maximum Gasteiger partial charge on any atom is 0.230 e. The normalized spacial score (nSPS) is 10.6. The van der Waals surface area contributed by atoms with Gasteiger partial charge >= 0.3 is 0 Å². The van der Waals surface area contributed by atoms with Crippen molar-refractivity contribution in [2.75, 3.05) is 0 Å². The van der Waals surface area contributed by atoms with Crippen molar-refractivity contribution in [3.63, 3.8) is 0 Å². The Kier molecular flexibility index (Phi) is 2.15. The molecule has 1 aromatic carbocycles. The molecule has 0 saturated heterocycles. The molecule has 82 valence electrons. The van der Waals surface area contributed by atoms with Gasteiger partial charge in [-0.1, -0.05) is 18.2 Å². The molecule has 3 rings (SSSR count). The molecule has 0 aliphatic carbocycles. The van der Waals surface area contributed by atoms with Crippen molar-refractivity contribution in [1.82, 2.24) is 20.2 Å². The molecule has 0 aliphatic rings. The molecule has 0 atom stereocenters. The lowest BCUT2D eigenvalue weighted by molar-refractivity contribution is 0.103. The highest BCUT2D eigenvalue weighted by molar-refractivity contribution is 6.14. The first-order chi connectivity index (χ1) is 8.36. The van der Waals surface area contributed by atoms with E-state index < -0.39 is 0 Å². The zero-order valence-corrected chi connectivity index (χ0v) is 8.79. The van der Waals surface area contributed by atoms with E-state index in [9.17, 15) is 4.79 Å². The van der Waals surface area contributed by atoms with Crippen LogP contribution in [0.4, 0.5) is 0 Å². The zero-order chi connectivity index (χ0) is 11.7. The quantitative estimate of drug-likeness (QED) is 0.671. The molecular weight excluding hydrogens is 216 g/mol. The number of benzene rings is 1. The summed E-state index contributed by atoms with van der Waals surface area (Å²) in [7, 11) is 0. The van der Waals surface area contributed by atoms with Crippen LogP contribution in [0.3, 0.4) is 0 Å². The van der Waals surface area contributed by atoms with Crippen LogP contribution in [0.1, 0.15) is 16.2 Å². The van der Waals surface area contributed by atoms with Gasteiger partial charge in [-0.25, -0.2) is 4.98 Å². The molecule has 5 heteroatoms. The predicted molar refractivity (Wildman–Crippen MR) is 61.6 cm³/mol. The summed E-state index contributed by atoms with van der Waals surface area (Å²) in [5.74, 6) is 0.0578. The van der Waals surface area contributed by atoms with Gasteiger partial charge in [0.1, 0.15) is 6.33 Å². The second kappa shape index (κ2) is 3.79. The Hall–Kier alpha value is -2.56. The maximum atomic E-state index is 12.2. The van der Waals surface area contributed by atoms with Crippen LogP contribution >= 0.6 is 0 Å². The molecule has 0 amide bonds. The molecular formula is C12H8N4O. The number of carbonyl (C=O) groups is 1. The van der Waals surface area contributed by atoms with Gasteiger partial charge in [-0.15, -0.1) is 0 Å². The fourth-order valence-electron chi connectivity index (χ4n) is 1.74. The molecule has 0 spiro atoms. The summed E-state index contributed by atoms with van der Waals surface area (Å²) in [6.45, 7) is 0. The van der Waals surface area contributed by atoms with Gasteiger partial charge < -0.3 is 0 Å². The Balaban J connectivity index is 2.21. The standard InChI is InChI=1S/C12H8N4O/c17-11(12-14-7-15-16-12)9-3-1-5-10-8(9)4-2-6-13-10/h1-7H,(H,14,15,16). The summed E-state index contributed by atoms with van der Waals surface area (Å²) in [5.41, 5.74) is 1.37. The lowest BCUT2D eigenvalue weighted by Crippen LogP contribution is -2.04. The number of H-pyrrole nitrogens is 1. The highest BCUT2D eigenvalue weighted by atomic mass is 16.1. The molecule has 17 heavy (non-hydrogen) atoms. The first-order valence-electron chi connectivity index (χ1n) is 5.10. The van der Waals surface area contributed by atoms with Crippen molar-refractivity contribution >= 4 is 16.7 Å². The second-order valence-corrected chi connectivity index (χ2v) is 3.54. The fraction of sp³-hybridized carbons (Fsp3) is 0. The molecule has 0 aliphatic heterocycles. The number of aromatic nitrogens is 4. The molecule has 1 N–H and O–H groups in total. The monoisotopic (exact) mass is 224 g/mol. The van der Waals surface area contributed by atoms with E-state index in [1.165, 1.54) is 6.33 Å². The number of nitrogens with zero attached hydrogens (tertiary/aromatic N) is 3. The molecule has 0 saturated carbocycles. The molecule has 0 radical (unpaired) electrons. The van der Waals surface area contributed by atoms with Gasteiger partial charge in [0.25, 0.3) is 0 Å². The number of ketones is 1. The zero-order valence-electron chi connectivity index (χ0n) is 8.79. The van der Waals surface area contributed by atoms with E-state index in [0.717, 1.165) is 10.9 Å². The van der Waals surface area contributed by atoms with E-state index in [2.05, 4.69) is 20.2 Å². The highest BCUT2D eigenvalue weighted by Gasteiger charge is 2.14. The first kappa shape index (κ1) is 9.65. The van der Waals surface area contributed by atoms with Crippen molar-refractivity contribution in [3.8, 4) is 0 Å². The van der Waals surface area contributed by atoms with E-state index in [0.29, 0.717) is 5.56 Å². The molecule has 3 aromatic rings. The Morgan fingerprint density at radius 1 is 1.12 bits per heavy atom. The molecule has 2 heterocycles. The van der Waals surface area contributed by atoms with Gasteiger partial charge in [0.05, 0.1) is 5.52 Å². The van der Waals surface area contributed by atoms with E-state index in [1.54, 1.807) is 24.4 Å². The molecule has 2 aromatic heterocycles. The van der Waals surface area contributed by atoms with Gasteiger partial charge in [-0.05, 0) is 12.1 Å². The van der Waals surface area contributed by atoms with Crippen LogP contribution in [-0.2, 0) is 0 Å². The fourth-order valence-corrected chi connectivity index (χ4v) is 1.74. The van der Waals surface area contributed by atoms with E-state index in [4.69, 9.17) is 0 Å². The summed E-state index contributed by atoms with van der Waals surface area (Å²) >= 11 is 0. The van der Waals surface area contributed by atoms with Crippen LogP contribution in [0.5, 0.6) is 0 Å². The van der Waals surface area contributed by atoms with E-state index in [1.807, 2.05) is 12.1 Å². The minimum Gasteiger partial charge on any atom is -0.285 e. The third-order valence-electron chi connectivity index (χ3n) is 2.52. The van der Waals surface area contributed by atoms with Gasteiger partial charge in [0, 0.05) is 17.1 Å². The first-order valence-corrected chi connectivity index (χ1v) is 5.10. The molecule has 0 unspecified atom stereocenters. The second-order valence-electron chi connectivity index (χ2n) is 3.54. The summed E-state index contributed by atoms with van der Waals surface area (Å²) < 4.78 is 0. The summed E-state index contributed by atoms with van der Waals surface area (Å²) in [6.07, 6.45) is 3.02. The Morgan fingerprint density at radius 2 is 2.06 bits per heavy atom. The summed E-state index contributed by atoms with van der Waals surface area (Å²) in [5, 5.41) is 7.06. The number of rotatable bonds is 2. The van der Waals surface area contributed by atoms with E-state index in [-0.39, 0.29) is 11.6 Å². The molecule has 0 fully saturated rings. The van der Waals surface area contributed by atoms with Crippen molar-refractivity contribution in [2.45, 2.75) is 0 Å². The van der Waals surface area contributed by atoms with Crippen LogP contribution in [0.25, 0.3) is 10.9 Å². The lowest BCUT2D eigenvalue weighted by atomic mass is 10.0. The van der Waals surface area contributed by atoms with Crippen molar-refractivity contribution in [3.05, 3.63) is 54.2 Å². The lowest BCUT2D eigenvalue weighted by Gasteiger charge is -2.02.